The lowest BCUT2D eigenvalue weighted by atomic mass is 9.97. The third-order valence-corrected chi connectivity index (χ3v) is 6.24. The number of ether oxygens (including phenoxy) is 3. The van der Waals surface area contributed by atoms with Crippen molar-refractivity contribution in [3.63, 3.8) is 0 Å². The van der Waals surface area contributed by atoms with Crippen molar-refractivity contribution in [3.8, 4) is 23.0 Å². The number of benzene rings is 3. The number of hydrogen-bond acceptors (Lipinski definition) is 7. The van der Waals surface area contributed by atoms with Gasteiger partial charge in [0.2, 0.25) is 12.6 Å². The largest absolute Gasteiger partial charge is 0.504 e. The molecule has 0 saturated carbocycles. The lowest BCUT2D eigenvalue weighted by Gasteiger charge is -2.25. The SMILES string of the molecule is COc1cc([C@@H]2c3c(oc4ccc(F)cc4c3=O)C(=O)N2Cc2ccc3c(c2)OCO3)ccc1O. The Morgan fingerprint density at radius 1 is 1.06 bits per heavy atom. The van der Waals surface area contributed by atoms with Crippen LogP contribution in [0.15, 0.2) is 63.8 Å². The molecule has 1 amide bonds. The van der Waals surface area contributed by atoms with Crippen LogP contribution in [0.1, 0.15) is 33.3 Å². The number of aromatic hydroxyl groups is 1. The second kappa shape index (κ2) is 7.76. The van der Waals surface area contributed by atoms with Crippen LogP contribution in [0.2, 0.25) is 0 Å². The van der Waals surface area contributed by atoms with Crippen LogP contribution in [0.5, 0.6) is 23.0 Å². The van der Waals surface area contributed by atoms with Crippen LogP contribution in [0.4, 0.5) is 4.39 Å². The lowest BCUT2D eigenvalue weighted by molar-refractivity contribution is 0.0714. The fourth-order valence-corrected chi connectivity index (χ4v) is 4.60. The van der Waals surface area contributed by atoms with Crippen molar-refractivity contribution in [2.24, 2.45) is 0 Å². The monoisotopic (exact) mass is 475 g/mol. The molecule has 6 rings (SSSR count). The standard InChI is InChI=1S/C26H18FNO7/c1-32-20-9-14(3-5-17(20)29)23-22-24(30)16-10-15(27)4-7-18(16)35-25(22)26(31)28(23)11-13-2-6-19-21(8-13)34-12-33-19/h2-10,23,29H,11-12H2,1H3/t23-/m1/s1. The van der Waals surface area contributed by atoms with Gasteiger partial charge in [0.15, 0.2) is 28.4 Å². The maximum absolute atomic E-state index is 14.0. The smallest absolute Gasteiger partial charge is 0.291 e. The molecular formula is C26H18FNO7. The number of methoxy groups -OCH3 is 1. The minimum Gasteiger partial charge on any atom is -0.504 e. The summed E-state index contributed by atoms with van der Waals surface area (Å²) in [5.41, 5.74) is 0.987. The molecule has 1 N–H and O–H groups in total. The summed E-state index contributed by atoms with van der Waals surface area (Å²) in [7, 11) is 1.40. The predicted octanol–water partition coefficient (Wildman–Crippen LogP) is 4.12. The molecule has 0 unspecified atom stereocenters. The fourth-order valence-electron chi connectivity index (χ4n) is 4.60. The van der Waals surface area contributed by atoms with Gasteiger partial charge in [-0.05, 0) is 53.6 Å². The van der Waals surface area contributed by atoms with E-state index in [1.165, 1.54) is 30.2 Å². The van der Waals surface area contributed by atoms with Gasteiger partial charge in [-0.3, -0.25) is 9.59 Å². The number of amides is 1. The average Bonchev–Trinajstić information content (AvgIpc) is 3.43. The molecule has 0 bridgehead atoms. The molecule has 0 spiro atoms. The number of phenolic OH excluding ortho intramolecular Hbond substituents is 1. The summed E-state index contributed by atoms with van der Waals surface area (Å²) in [5, 5.41) is 10.1. The van der Waals surface area contributed by atoms with E-state index in [2.05, 4.69) is 0 Å². The highest BCUT2D eigenvalue weighted by Crippen LogP contribution is 2.42. The van der Waals surface area contributed by atoms with Gasteiger partial charge >= 0.3 is 0 Å². The topological polar surface area (TPSA) is 98.4 Å². The van der Waals surface area contributed by atoms with E-state index < -0.39 is 23.2 Å². The van der Waals surface area contributed by atoms with Crippen molar-refractivity contribution >= 4 is 16.9 Å². The van der Waals surface area contributed by atoms with Crippen LogP contribution in [-0.4, -0.2) is 29.8 Å². The van der Waals surface area contributed by atoms with Gasteiger partial charge in [0.05, 0.1) is 24.1 Å². The number of nitrogens with zero attached hydrogens (tertiary/aromatic N) is 1. The minimum atomic E-state index is -0.860. The van der Waals surface area contributed by atoms with Crippen molar-refractivity contribution in [2.45, 2.75) is 12.6 Å². The number of rotatable bonds is 4. The molecule has 3 aromatic carbocycles. The summed E-state index contributed by atoms with van der Waals surface area (Å²) in [6.07, 6.45) is 0. The molecule has 0 aliphatic carbocycles. The Labute approximate surface area is 197 Å². The molecule has 0 fully saturated rings. The zero-order chi connectivity index (χ0) is 24.3. The van der Waals surface area contributed by atoms with Crippen LogP contribution in [0, 0.1) is 5.82 Å². The van der Waals surface area contributed by atoms with Gasteiger partial charge in [-0.2, -0.15) is 0 Å². The zero-order valence-electron chi connectivity index (χ0n) is 18.4. The number of fused-ring (bicyclic) bond motifs is 3. The van der Waals surface area contributed by atoms with Gasteiger partial charge in [0.25, 0.3) is 5.91 Å². The van der Waals surface area contributed by atoms with Crippen molar-refractivity contribution in [2.75, 3.05) is 13.9 Å². The van der Waals surface area contributed by atoms with E-state index in [-0.39, 0.29) is 47.1 Å². The second-order valence-electron chi connectivity index (χ2n) is 8.27. The molecule has 1 aromatic heterocycles. The van der Waals surface area contributed by atoms with Gasteiger partial charge in [-0.15, -0.1) is 0 Å². The van der Waals surface area contributed by atoms with Crippen molar-refractivity contribution in [3.05, 3.63) is 93.1 Å². The van der Waals surface area contributed by atoms with E-state index in [1.54, 1.807) is 30.3 Å². The zero-order valence-corrected chi connectivity index (χ0v) is 18.4. The number of carbonyl (C=O) groups is 1. The maximum Gasteiger partial charge on any atom is 0.291 e. The van der Waals surface area contributed by atoms with E-state index in [9.17, 15) is 19.1 Å². The molecule has 2 aliphatic heterocycles. The minimum absolute atomic E-state index is 0.0391. The fraction of sp³-hybridized carbons (Fsp3) is 0.154. The number of hydrogen-bond donors (Lipinski definition) is 1. The third-order valence-electron chi connectivity index (χ3n) is 6.24. The summed E-state index contributed by atoms with van der Waals surface area (Å²) in [4.78, 5) is 28.6. The Bertz CT molecular complexity index is 1580. The summed E-state index contributed by atoms with van der Waals surface area (Å²) in [5.74, 6) is 0.0807. The predicted molar refractivity (Wildman–Crippen MR) is 121 cm³/mol. The Morgan fingerprint density at radius 3 is 2.71 bits per heavy atom. The molecule has 176 valence electrons. The van der Waals surface area contributed by atoms with E-state index in [4.69, 9.17) is 18.6 Å². The Kier molecular flexibility index (Phi) is 4.67. The molecule has 35 heavy (non-hydrogen) atoms. The molecule has 8 nitrogen and oxygen atoms in total. The van der Waals surface area contributed by atoms with Gasteiger partial charge < -0.3 is 28.6 Å². The third kappa shape index (κ3) is 3.27. The quantitative estimate of drug-likeness (QED) is 0.474. The average molecular weight is 475 g/mol. The van der Waals surface area contributed by atoms with E-state index in [0.29, 0.717) is 17.1 Å². The summed E-state index contributed by atoms with van der Waals surface area (Å²) >= 11 is 0. The maximum atomic E-state index is 14.0. The molecule has 4 aromatic rings. The summed E-state index contributed by atoms with van der Waals surface area (Å²) in [6, 6.07) is 12.7. The number of phenols is 1. The lowest BCUT2D eigenvalue weighted by Crippen LogP contribution is -2.29. The van der Waals surface area contributed by atoms with E-state index >= 15 is 0 Å². The first-order valence-electron chi connectivity index (χ1n) is 10.8. The van der Waals surface area contributed by atoms with Gasteiger partial charge in [-0.25, -0.2) is 4.39 Å². The number of halogens is 1. The first kappa shape index (κ1) is 21.0. The van der Waals surface area contributed by atoms with Crippen LogP contribution in [-0.2, 0) is 6.54 Å². The van der Waals surface area contributed by atoms with Crippen LogP contribution in [0.3, 0.4) is 0 Å². The first-order valence-corrected chi connectivity index (χ1v) is 10.8. The number of carbonyl (C=O) groups excluding carboxylic acids is 1. The van der Waals surface area contributed by atoms with Crippen molar-refractivity contribution in [1.82, 2.24) is 4.90 Å². The summed E-state index contributed by atoms with van der Waals surface area (Å²) in [6.45, 7) is 0.238. The highest BCUT2D eigenvalue weighted by molar-refractivity contribution is 5.99. The Hall–Kier alpha value is -4.53. The molecule has 0 saturated heterocycles. The van der Waals surface area contributed by atoms with Gasteiger partial charge in [-0.1, -0.05) is 12.1 Å². The molecule has 3 heterocycles. The highest BCUT2D eigenvalue weighted by atomic mass is 19.1. The van der Waals surface area contributed by atoms with Crippen LogP contribution >= 0.6 is 0 Å². The van der Waals surface area contributed by atoms with Gasteiger partial charge in [0.1, 0.15) is 11.4 Å². The Balaban J connectivity index is 1.54. The molecule has 1 atom stereocenters. The van der Waals surface area contributed by atoms with Gasteiger partial charge in [0, 0.05) is 6.54 Å². The second-order valence-corrected chi connectivity index (χ2v) is 8.27. The van der Waals surface area contributed by atoms with Crippen LogP contribution < -0.4 is 19.6 Å². The van der Waals surface area contributed by atoms with E-state index in [1.807, 2.05) is 0 Å². The molecular weight excluding hydrogens is 457 g/mol. The normalized spacial score (nSPS) is 16.1. The molecule has 0 radical (unpaired) electrons. The van der Waals surface area contributed by atoms with Crippen molar-refractivity contribution < 1.29 is 32.9 Å². The molecule has 2 aliphatic rings. The summed E-state index contributed by atoms with van der Waals surface area (Å²) < 4.78 is 35.9. The van der Waals surface area contributed by atoms with Crippen molar-refractivity contribution in [1.29, 1.82) is 0 Å². The Morgan fingerprint density at radius 2 is 1.89 bits per heavy atom. The van der Waals surface area contributed by atoms with E-state index in [0.717, 1.165) is 11.6 Å². The molecule has 9 heteroatoms. The first-order chi connectivity index (χ1) is 16.9. The highest BCUT2D eigenvalue weighted by Gasteiger charge is 2.43. The van der Waals surface area contributed by atoms with Crippen LogP contribution in [0.25, 0.3) is 11.0 Å².